The number of carbonyl (C=O) groups excluding carboxylic acids is 1. The van der Waals surface area contributed by atoms with Gasteiger partial charge in [0.2, 0.25) is 11.8 Å². The smallest absolute Gasteiger partial charge is 0.303 e. The molecule has 0 atom stereocenters. The van der Waals surface area contributed by atoms with Crippen LogP contribution in [0.15, 0.2) is 83.3 Å². The maximum absolute atomic E-state index is 12.5. The van der Waals surface area contributed by atoms with E-state index in [-0.39, 0.29) is 25.3 Å². The molecule has 0 bridgehead atoms. The average Bonchev–Trinajstić information content (AvgIpc) is 3.28. The van der Waals surface area contributed by atoms with E-state index in [1.807, 2.05) is 85.8 Å². The maximum Gasteiger partial charge on any atom is 0.303 e. The fourth-order valence-electron chi connectivity index (χ4n) is 3.98. The average molecular weight is 499 g/mol. The van der Waals surface area contributed by atoms with Gasteiger partial charge in [-0.15, -0.1) is 0 Å². The van der Waals surface area contributed by atoms with Gasteiger partial charge in [0.05, 0.1) is 18.7 Å². The van der Waals surface area contributed by atoms with Gasteiger partial charge in [-0.05, 0) is 42.7 Å². The number of hydrogen-bond donors (Lipinski definition) is 2. The normalized spacial score (nSPS) is 10.7. The number of amides is 1. The van der Waals surface area contributed by atoms with Gasteiger partial charge in [0.1, 0.15) is 11.5 Å². The first kappa shape index (κ1) is 25.7. The van der Waals surface area contributed by atoms with Crippen molar-refractivity contribution in [3.63, 3.8) is 0 Å². The van der Waals surface area contributed by atoms with Crippen molar-refractivity contribution in [2.45, 2.75) is 39.2 Å². The standard InChI is InChI=1S/C30H30N2O5/c1-21-26(32-30(37-21)24-10-6-3-7-11-24)16-17-36-27-14-12-23(13-15-29(34)35)18-25(27)20-31-28(33)19-22-8-4-2-5-9-22/h2-12,14,18H,13,15-17,19-20H2,1H3,(H,31,33)(H,34,35). The van der Waals surface area contributed by atoms with Gasteiger partial charge in [-0.2, -0.15) is 0 Å². The number of carbonyl (C=O) groups is 2. The van der Waals surface area contributed by atoms with Crippen molar-refractivity contribution >= 4 is 11.9 Å². The molecule has 2 N–H and O–H groups in total. The minimum absolute atomic E-state index is 0.0369. The van der Waals surface area contributed by atoms with Crippen LogP contribution in [0.3, 0.4) is 0 Å². The number of rotatable bonds is 12. The van der Waals surface area contributed by atoms with Crippen LogP contribution in [-0.4, -0.2) is 28.6 Å². The number of nitrogens with zero attached hydrogens (tertiary/aromatic N) is 1. The van der Waals surface area contributed by atoms with E-state index in [1.165, 1.54) is 0 Å². The molecule has 4 rings (SSSR count). The van der Waals surface area contributed by atoms with Gasteiger partial charge >= 0.3 is 5.97 Å². The quantitative estimate of drug-likeness (QED) is 0.280. The highest BCUT2D eigenvalue weighted by Gasteiger charge is 2.13. The predicted molar refractivity (Wildman–Crippen MR) is 140 cm³/mol. The SMILES string of the molecule is Cc1oc(-c2ccccc2)nc1CCOc1ccc(CCC(=O)O)cc1CNC(=O)Cc1ccccc1. The number of aromatic nitrogens is 1. The fraction of sp³-hybridized carbons (Fsp3) is 0.233. The molecule has 0 saturated carbocycles. The van der Waals surface area contributed by atoms with Crippen LogP contribution in [0.4, 0.5) is 0 Å². The minimum Gasteiger partial charge on any atom is -0.493 e. The Balaban J connectivity index is 1.41. The summed E-state index contributed by atoms with van der Waals surface area (Å²) in [6.07, 6.45) is 1.28. The summed E-state index contributed by atoms with van der Waals surface area (Å²) in [6, 6.07) is 24.9. The van der Waals surface area contributed by atoms with E-state index >= 15 is 0 Å². The molecular formula is C30H30N2O5. The van der Waals surface area contributed by atoms with Crippen LogP contribution in [0.2, 0.25) is 0 Å². The summed E-state index contributed by atoms with van der Waals surface area (Å²) in [7, 11) is 0. The molecular weight excluding hydrogens is 468 g/mol. The third-order valence-electron chi connectivity index (χ3n) is 5.95. The first-order valence-corrected chi connectivity index (χ1v) is 12.3. The molecule has 0 radical (unpaired) electrons. The maximum atomic E-state index is 12.5. The molecule has 1 aromatic heterocycles. The van der Waals surface area contributed by atoms with Crippen LogP contribution in [-0.2, 0) is 35.4 Å². The second-order valence-electron chi connectivity index (χ2n) is 8.76. The summed E-state index contributed by atoms with van der Waals surface area (Å²) < 4.78 is 11.9. The van der Waals surface area contributed by atoms with Crippen LogP contribution in [0.25, 0.3) is 11.5 Å². The number of hydrogen-bond acceptors (Lipinski definition) is 5. The van der Waals surface area contributed by atoms with E-state index in [9.17, 15) is 9.59 Å². The lowest BCUT2D eigenvalue weighted by atomic mass is 10.0. The first-order chi connectivity index (χ1) is 18.0. The van der Waals surface area contributed by atoms with Crippen LogP contribution < -0.4 is 10.1 Å². The van der Waals surface area contributed by atoms with Crippen molar-refractivity contribution in [3.05, 3.63) is 107 Å². The summed E-state index contributed by atoms with van der Waals surface area (Å²) in [6.45, 7) is 2.55. The molecule has 1 heterocycles. The molecule has 0 aliphatic carbocycles. The highest BCUT2D eigenvalue weighted by atomic mass is 16.5. The third kappa shape index (κ3) is 7.54. The van der Waals surface area contributed by atoms with Crippen molar-refractivity contribution < 1.29 is 23.8 Å². The molecule has 3 aromatic carbocycles. The Morgan fingerprint density at radius 3 is 2.41 bits per heavy atom. The highest BCUT2D eigenvalue weighted by Crippen LogP contribution is 2.24. The summed E-state index contributed by atoms with van der Waals surface area (Å²) in [5.74, 6) is 1.02. The number of oxazole rings is 1. The lowest BCUT2D eigenvalue weighted by molar-refractivity contribution is -0.137. The monoisotopic (exact) mass is 498 g/mol. The second-order valence-corrected chi connectivity index (χ2v) is 8.76. The zero-order chi connectivity index (χ0) is 26.0. The van der Waals surface area contributed by atoms with Gasteiger partial charge in [-0.1, -0.05) is 60.7 Å². The van der Waals surface area contributed by atoms with Gasteiger partial charge in [0.15, 0.2) is 0 Å². The summed E-state index contributed by atoms with van der Waals surface area (Å²) in [5, 5.41) is 12.0. The number of aryl methyl sites for hydroxylation is 2. The third-order valence-corrected chi connectivity index (χ3v) is 5.95. The summed E-state index contributed by atoms with van der Waals surface area (Å²) in [4.78, 5) is 28.1. The zero-order valence-corrected chi connectivity index (χ0v) is 20.8. The lowest BCUT2D eigenvalue weighted by Gasteiger charge is -2.14. The molecule has 4 aromatic rings. The van der Waals surface area contributed by atoms with Crippen molar-refractivity contribution in [1.29, 1.82) is 0 Å². The Morgan fingerprint density at radius 1 is 0.946 bits per heavy atom. The molecule has 0 saturated heterocycles. The highest BCUT2D eigenvalue weighted by molar-refractivity contribution is 5.78. The Morgan fingerprint density at radius 2 is 1.68 bits per heavy atom. The van der Waals surface area contributed by atoms with Gasteiger partial charge in [-0.3, -0.25) is 9.59 Å². The molecule has 190 valence electrons. The largest absolute Gasteiger partial charge is 0.493 e. The second kappa shape index (κ2) is 12.5. The summed E-state index contributed by atoms with van der Waals surface area (Å²) in [5.41, 5.74) is 4.36. The Kier molecular flexibility index (Phi) is 8.70. The summed E-state index contributed by atoms with van der Waals surface area (Å²) >= 11 is 0. The van der Waals surface area contributed by atoms with Gasteiger partial charge in [0, 0.05) is 30.5 Å². The van der Waals surface area contributed by atoms with Gasteiger partial charge < -0.3 is 19.6 Å². The van der Waals surface area contributed by atoms with Crippen LogP contribution >= 0.6 is 0 Å². The zero-order valence-electron chi connectivity index (χ0n) is 20.8. The molecule has 37 heavy (non-hydrogen) atoms. The molecule has 7 nitrogen and oxygen atoms in total. The molecule has 7 heteroatoms. The lowest BCUT2D eigenvalue weighted by Crippen LogP contribution is -2.25. The van der Waals surface area contributed by atoms with Crippen LogP contribution in [0.1, 0.15) is 34.6 Å². The van der Waals surface area contributed by atoms with E-state index in [0.29, 0.717) is 31.1 Å². The molecule has 0 unspecified atom stereocenters. The number of benzene rings is 3. The van der Waals surface area contributed by atoms with Crippen LogP contribution in [0, 0.1) is 6.92 Å². The Hall–Kier alpha value is -4.39. The minimum atomic E-state index is -0.851. The fourth-order valence-corrected chi connectivity index (χ4v) is 3.98. The number of carboxylic acids is 1. The van der Waals surface area contributed by atoms with E-state index in [2.05, 4.69) is 10.3 Å². The predicted octanol–water partition coefficient (Wildman–Crippen LogP) is 5.15. The van der Waals surface area contributed by atoms with Crippen molar-refractivity contribution in [2.75, 3.05) is 6.61 Å². The van der Waals surface area contributed by atoms with Gasteiger partial charge in [0.25, 0.3) is 0 Å². The molecule has 0 fully saturated rings. The van der Waals surface area contributed by atoms with Crippen LogP contribution in [0.5, 0.6) is 5.75 Å². The Bertz CT molecular complexity index is 1330. The first-order valence-electron chi connectivity index (χ1n) is 12.3. The molecule has 1 amide bonds. The van der Waals surface area contributed by atoms with E-state index < -0.39 is 5.97 Å². The van der Waals surface area contributed by atoms with Crippen molar-refractivity contribution in [1.82, 2.24) is 10.3 Å². The number of aliphatic carboxylic acids is 1. The number of carboxylic acid groups (broad SMARTS) is 1. The van der Waals surface area contributed by atoms with E-state index in [0.717, 1.165) is 33.7 Å². The molecule has 0 aliphatic rings. The Labute approximate surface area is 216 Å². The number of ether oxygens (including phenoxy) is 1. The van der Waals surface area contributed by atoms with Crippen molar-refractivity contribution in [2.24, 2.45) is 0 Å². The van der Waals surface area contributed by atoms with E-state index in [1.54, 1.807) is 0 Å². The van der Waals surface area contributed by atoms with Crippen molar-refractivity contribution in [3.8, 4) is 17.2 Å². The van der Waals surface area contributed by atoms with E-state index in [4.69, 9.17) is 14.3 Å². The molecule has 0 spiro atoms. The van der Waals surface area contributed by atoms with Gasteiger partial charge in [-0.25, -0.2) is 4.98 Å². The molecule has 0 aliphatic heterocycles. The number of nitrogens with one attached hydrogen (secondary N) is 1. The topological polar surface area (TPSA) is 102 Å².